The summed E-state index contributed by atoms with van der Waals surface area (Å²) in [6.07, 6.45) is 6.62. The van der Waals surface area contributed by atoms with Crippen LogP contribution in [0.1, 0.15) is 38.5 Å². The van der Waals surface area contributed by atoms with Gasteiger partial charge in [-0.05, 0) is 51.6 Å². The van der Waals surface area contributed by atoms with Gasteiger partial charge in [-0.1, -0.05) is 6.42 Å². The number of halogens is 2. The normalized spacial score (nSPS) is 30.0. The number of likely N-dealkylation sites (tertiary alicyclic amines) is 1. The molecule has 1 aliphatic carbocycles. The SMILES string of the molecule is CN1CCCC(CN(C)C(=O)C2CCCC(N)C2)C1.Cl.Cl. The Hall–Kier alpha value is -0.0300. The summed E-state index contributed by atoms with van der Waals surface area (Å²) in [5.74, 6) is 1.14. The standard InChI is InChI=1S/C15H29N3O.2ClH/c1-17-8-4-5-12(10-17)11-18(2)15(19)13-6-3-7-14(16)9-13;;/h12-14H,3-11,16H2,1-2H3;2*1H. The molecule has 1 saturated carbocycles. The molecule has 2 fully saturated rings. The third kappa shape index (κ3) is 6.31. The van der Waals surface area contributed by atoms with Gasteiger partial charge in [0.1, 0.15) is 0 Å². The van der Waals surface area contributed by atoms with Crippen molar-refractivity contribution >= 4 is 30.7 Å². The van der Waals surface area contributed by atoms with Gasteiger partial charge >= 0.3 is 0 Å². The number of hydrogen-bond donors (Lipinski definition) is 1. The fraction of sp³-hybridized carbons (Fsp3) is 0.933. The Balaban J connectivity index is 0.00000200. The topological polar surface area (TPSA) is 49.6 Å². The smallest absolute Gasteiger partial charge is 0.225 e. The van der Waals surface area contributed by atoms with Crippen molar-refractivity contribution in [1.29, 1.82) is 0 Å². The second kappa shape index (κ2) is 9.88. The van der Waals surface area contributed by atoms with Crippen LogP contribution in [0.4, 0.5) is 0 Å². The van der Waals surface area contributed by atoms with Gasteiger partial charge < -0.3 is 15.5 Å². The molecule has 4 nitrogen and oxygen atoms in total. The van der Waals surface area contributed by atoms with Crippen molar-refractivity contribution in [1.82, 2.24) is 9.80 Å². The lowest BCUT2D eigenvalue weighted by Gasteiger charge is -2.34. The zero-order valence-corrected chi connectivity index (χ0v) is 14.9. The molecule has 0 radical (unpaired) electrons. The largest absolute Gasteiger partial charge is 0.345 e. The highest BCUT2D eigenvalue weighted by Gasteiger charge is 2.29. The molecule has 2 rings (SSSR count). The Morgan fingerprint density at radius 2 is 1.95 bits per heavy atom. The van der Waals surface area contributed by atoms with Crippen molar-refractivity contribution in [3.05, 3.63) is 0 Å². The molecule has 0 aromatic heterocycles. The molecule has 3 atom stereocenters. The van der Waals surface area contributed by atoms with Crippen molar-refractivity contribution < 1.29 is 4.79 Å². The second-order valence-corrected chi connectivity index (χ2v) is 6.61. The number of hydrogen-bond acceptors (Lipinski definition) is 3. The van der Waals surface area contributed by atoms with E-state index in [2.05, 4.69) is 11.9 Å². The molecule has 2 aliphatic rings. The summed E-state index contributed by atoms with van der Waals surface area (Å²) in [4.78, 5) is 16.8. The van der Waals surface area contributed by atoms with Gasteiger partial charge in [-0.15, -0.1) is 24.8 Å². The Bertz CT molecular complexity index is 317. The molecule has 0 aromatic rings. The maximum atomic E-state index is 12.5. The Morgan fingerprint density at radius 1 is 1.24 bits per heavy atom. The van der Waals surface area contributed by atoms with Gasteiger partial charge in [-0.2, -0.15) is 0 Å². The Kier molecular flexibility index (Phi) is 9.87. The lowest BCUT2D eigenvalue weighted by molar-refractivity contribution is -0.136. The van der Waals surface area contributed by atoms with Gasteiger partial charge in [0.15, 0.2) is 0 Å². The van der Waals surface area contributed by atoms with E-state index in [0.29, 0.717) is 11.8 Å². The number of amides is 1. The average molecular weight is 340 g/mol. The number of nitrogens with two attached hydrogens (primary N) is 1. The summed E-state index contributed by atoms with van der Waals surface area (Å²) in [5.41, 5.74) is 5.99. The Labute approximate surface area is 141 Å². The van der Waals surface area contributed by atoms with Crippen molar-refractivity contribution in [2.45, 2.75) is 44.6 Å². The first kappa shape index (κ1) is 21.0. The van der Waals surface area contributed by atoms with Crippen LogP contribution in [-0.2, 0) is 4.79 Å². The molecule has 21 heavy (non-hydrogen) atoms. The molecule has 2 N–H and O–H groups in total. The maximum absolute atomic E-state index is 12.5. The molecule has 1 heterocycles. The molecular formula is C15H31Cl2N3O. The van der Waals surface area contributed by atoms with E-state index in [0.717, 1.165) is 38.8 Å². The van der Waals surface area contributed by atoms with Crippen LogP contribution in [0.5, 0.6) is 0 Å². The van der Waals surface area contributed by atoms with Gasteiger partial charge in [0.2, 0.25) is 5.91 Å². The second-order valence-electron chi connectivity index (χ2n) is 6.61. The minimum absolute atomic E-state index is 0. The summed E-state index contributed by atoms with van der Waals surface area (Å²) in [7, 11) is 4.14. The third-order valence-corrected chi connectivity index (χ3v) is 4.69. The van der Waals surface area contributed by atoms with Crippen LogP contribution in [0, 0.1) is 11.8 Å². The number of carbonyl (C=O) groups is 1. The molecule has 3 unspecified atom stereocenters. The van der Waals surface area contributed by atoms with Crippen molar-refractivity contribution in [2.75, 3.05) is 33.7 Å². The van der Waals surface area contributed by atoms with Gasteiger partial charge in [-0.25, -0.2) is 0 Å². The number of carbonyl (C=O) groups excluding carboxylic acids is 1. The number of rotatable bonds is 3. The number of piperidine rings is 1. The predicted molar refractivity (Wildman–Crippen MR) is 92.3 cm³/mol. The molecule has 0 aromatic carbocycles. The van der Waals surface area contributed by atoms with Crippen LogP contribution in [0.15, 0.2) is 0 Å². The van der Waals surface area contributed by atoms with Crippen LogP contribution in [0.25, 0.3) is 0 Å². The predicted octanol–water partition coefficient (Wildman–Crippen LogP) is 2.15. The van der Waals surface area contributed by atoms with Crippen LogP contribution in [-0.4, -0.2) is 55.5 Å². The summed E-state index contributed by atoms with van der Waals surface area (Å²) in [5, 5.41) is 0. The van der Waals surface area contributed by atoms with Crippen LogP contribution < -0.4 is 5.73 Å². The van der Waals surface area contributed by atoms with Crippen molar-refractivity contribution in [2.24, 2.45) is 17.6 Å². The molecular weight excluding hydrogens is 309 g/mol. The first-order chi connectivity index (χ1) is 9.06. The molecule has 6 heteroatoms. The van der Waals surface area contributed by atoms with Gasteiger partial charge in [-0.3, -0.25) is 4.79 Å². The first-order valence-electron chi connectivity index (χ1n) is 7.75. The summed E-state index contributed by atoms with van der Waals surface area (Å²) in [6.45, 7) is 3.24. The zero-order valence-electron chi connectivity index (χ0n) is 13.3. The monoisotopic (exact) mass is 339 g/mol. The van der Waals surface area contributed by atoms with Crippen molar-refractivity contribution in [3.8, 4) is 0 Å². The molecule has 1 aliphatic heterocycles. The molecule has 1 amide bonds. The maximum Gasteiger partial charge on any atom is 0.225 e. The van der Waals surface area contributed by atoms with E-state index in [1.807, 2.05) is 11.9 Å². The highest BCUT2D eigenvalue weighted by molar-refractivity contribution is 5.85. The van der Waals surface area contributed by atoms with Crippen molar-refractivity contribution in [3.63, 3.8) is 0 Å². The van der Waals surface area contributed by atoms with E-state index in [9.17, 15) is 4.79 Å². The zero-order chi connectivity index (χ0) is 13.8. The van der Waals surface area contributed by atoms with E-state index in [4.69, 9.17) is 5.73 Å². The summed E-state index contributed by atoms with van der Waals surface area (Å²) < 4.78 is 0. The van der Waals surface area contributed by atoms with Crippen LogP contribution in [0.3, 0.4) is 0 Å². The van der Waals surface area contributed by atoms with Gasteiger partial charge in [0.25, 0.3) is 0 Å². The molecule has 0 bridgehead atoms. The molecule has 1 saturated heterocycles. The molecule has 126 valence electrons. The quantitative estimate of drug-likeness (QED) is 0.856. The highest BCUT2D eigenvalue weighted by atomic mass is 35.5. The summed E-state index contributed by atoms with van der Waals surface area (Å²) >= 11 is 0. The minimum atomic E-state index is 0. The Morgan fingerprint density at radius 3 is 2.57 bits per heavy atom. The lowest BCUT2D eigenvalue weighted by atomic mass is 9.85. The minimum Gasteiger partial charge on any atom is -0.345 e. The molecule has 0 spiro atoms. The number of nitrogens with zero attached hydrogens (tertiary/aromatic N) is 2. The fourth-order valence-electron chi connectivity index (χ4n) is 3.66. The third-order valence-electron chi connectivity index (χ3n) is 4.69. The highest BCUT2D eigenvalue weighted by Crippen LogP contribution is 2.25. The van der Waals surface area contributed by atoms with Crippen LogP contribution >= 0.6 is 24.8 Å². The fourth-order valence-corrected chi connectivity index (χ4v) is 3.66. The van der Waals surface area contributed by atoms with E-state index < -0.39 is 0 Å². The van der Waals surface area contributed by atoms with E-state index in [1.54, 1.807) is 0 Å². The van der Waals surface area contributed by atoms with E-state index in [-0.39, 0.29) is 36.8 Å². The van der Waals surface area contributed by atoms with Gasteiger partial charge in [0.05, 0.1) is 0 Å². The van der Waals surface area contributed by atoms with E-state index in [1.165, 1.54) is 19.4 Å². The summed E-state index contributed by atoms with van der Waals surface area (Å²) in [6, 6.07) is 0.233. The van der Waals surface area contributed by atoms with Gasteiger partial charge in [0, 0.05) is 32.1 Å². The lowest BCUT2D eigenvalue weighted by Crippen LogP contribution is -2.43. The van der Waals surface area contributed by atoms with Crippen LogP contribution in [0.2, 0.25) is 0 Å². The van der Waals surface area contributed by atoms with E-state index >= 15 is 0 Å². The first-order valence-corrected chi connectivity index (χ1v) is 7.75. The average Bonchev–Trinajstić information content (AvgIpc) is 2.38.